The second kappa shape index (κ2) is 10.9. The van der Waals surface area contributed by atoms with Gasteiger partial charge in [-0.3, -0.25) is 5.32 Å². The van der Waals surface area contributed by atoms with E-state index in [-0.39, 0.29) is 0 Å². The summed E-state index contributed by atoms with van der Waals surface area (Å²) in [7, 11) is -3.59. The number of nitrogens with one attached hydrogen (secondary N) is 1. The molecule has 0 aliphatic heterocycles. The van der Waals surface area contributed by atoms with Gasteiger partial charge in [-0.1, -0.05) is 60.7 Å². The van der Waals surface area contributed by atoms with Gasteiger partial charge in [0.2, 0.25) is 10.0 Å². The van der Waals surface area contributed by atoms with Crippen LogP contribution in [0.4, 0.5) is 5.69 Å². The summed E-state index contributed by atoms with van der Waals surface area (Å²) in [5.74, 6) is 0.744. The molecule has 1 aromatic heterocycles. The highest BCUT2D eigenvalue weighted by molar-refractivity contribution is 7.93. The Morgan fingerprint density at radius 2 is 1.59 bits per heavy atom. The zero-order valence-electron chi connectivity index (χ0n) is 21.7. The number of hydrogen-bond acceptors (Lipinski definition) is 5. The number of halogens is 1. The molecule has 5 rings (SSSR count). The number of sulfonamides is 1. The topological polar surface area (TPSA) is 83.8 Å². The highest BCUT2D eigenvalue weighted by Crippen LogP contribution is 2.32. The van der Waals surface area contributed by atoms with Crippen molar-refractivity contribution in [2.24, 2.45) is 0 Å². The normalized spacial score (nSPS) is 13.4. The Balaban J connectivity index is 1.28. The SMILES string of the molecule is C[C@](O)(NCCOc1ccc2c3ccccc3n(Cc3ccccc3)c2c1)c1ccc(N(Cl)S(C)(=O)=O)cc1. The van der Waals surface area contributed by atoms with Crippen LogP contribution in [0.3, 0.4) is 0 Å². The molecule has 0 aliphatic carbocycles. The Bertz CT molecular complexity index is 1700. The van der Waals surface area contributed by atoms with Gasteiger partial charge in [-0.05, 0) is 48.4 Å². The molecule has 7 nitrogen and oxygen atoms in total. The molecule has 0 aliphatic rings. The molecule has 0 saturated heterocycles. The van der Waals surface area contributed by atoms with Crippen LogP contribution in [0.1, 0.15) is 18.1 Å². The minimum atomic E-state index is -3.59. The smallest absolute Gasteiger partial charge is 0.246 e. The fourth-order valence-corrected chi connectivity index (χ4v) is 5.33. The standard InChI is InChI=1S/C30H30ClN3O4S/c1-30(35,23-12-14-24(15-13-23)34(31)39(2,36)37)32-18-19-38-25-16-17-27-26-10-6-7-11-28(26)33(29(27)20-25)21-22-8-4-3-5-9-22/h3-17,20,32,35H,18-19,21H2,1-2H3/t30-/m1/s1. The highest BCUT2D eigenvalue weighted by Gasteiger charge is 2.23. The molecular weight excluding hydrogens is 534 g/mol. The molecule has 4 aromatic carbocycles. The Morgan fingerprint density at radius 1 is 0.923 bits per heavy atom. The Hall–Kier alpha value is -3.56. The fraction of sp³-hybridized carbons (Fsp3) is 0.200. The van der Waals surface area contributed by atoms with E-state index in [9.17, 15) is 13.5 Å². The van der Waals surface area contributed by atoms with E-state index in [0.717, 1.165) is 24.1 Å². The maximum absolute atomic E-state index is 11.6. The van der Waals surface area contributed by atoms with Crippen molar-refractivity contribution in [1.29, 1.82) is 0 Å². The molecule has 5 aromatic rings. The molecule has 0 radical (unpaired) electrons. The van der Waals surface area contributed by atoms with Crippen molar-refractivity contribution in [3.63, 3.8) is 0 Å². The van der Waals surface area contributed by atoms with Gasteiger partial charge in [0, 0.05) is 47.2 Å². The van der Waals surface area contributed by atoms with Crippen LogP contribution in [0, 0.1) is 0 Å². The number of aliphatic hydroxyl groups is 1. The van der Waals surface area contributed by atoms with Gasteiger partial charge < -0.3 is 14.4 Å². The predicted octanol–water partition coefficient (Wildman–Crippen LogP) is 5.60. The van der Waals surface area contributed by atoms with Crippen molar-refractivity contribution in [3.8, 4) is 5.75 Å². The monoisotopic (exact) mass is 563 g/mol. The quantitative estimate of drug-likeness (QED) is 0.131. The van der Waals surface area contributed by atoms with Crippen LogP contribution in [-0.2, 0) is 22.3 Å². The Labute approximate surface area is 233 Å². The Kier molecular flexibility index (Phi) is 7.55. The van der Waals surface area contributed by atoms with E-state index < -0.39 is 15.7 Å². The number of para-hydroxylation sites is 1. The first-order chi connectivity index (χ1) is 18.6. The number of hydrogen-bond donors (Lipinski definition) is 2. The molecule has 2 N–H and O–H groups in total. The number of anilines is 1. The minimum Gasteiger partial charge on any atom is -0.492 e. The predicted molar refractivity (Wildman–Crippen MR) is 158 cm³/mol. The molecular formula is C30H30ClN3O4S. The van der Waals surface area contributed by atoms with Crippen molar-refractivity contribution in [2.45, 2.75) is 19.2 Å². The zero-order chi connectivity index (χ0) is 27.6. The molecule has 1 heterocycles. The van der Waals surface area contributed by atoms with Crippen LogP contribution in [0.5, 0.6) is 5.75 Å². The first-order valence-corrected chi connectivity index (χ1v) is 14.7. The fourth-order valence-electron chi connectivity index (χ4n) is 4.72. The third-order valence-corrected chi connectivity index (χ3v) is 8.43. The molecule has 0 amide bonds. The van der Waals surface area contributed by atoms with Gasteiger partial charge in [-0.2, -0.15) is 3.82 Å². The number of aromatic nitrogens is 1. The van der Waals surface area contributed by atoms with Gasteiger partial charge in [0.25, 0.3) is 0 Å². The van der Waals surface area contributed by atoms with Gasteiger partial charge in [0.05, 0.1) is 17.5 Å². The summed E-state index contributed by atoms with van der Waals surface area (Å²) in [4.78, 5) is 0. The molecule has 0 fully saturated rings. The van der Waals surface area contributed by atoms with E-state index in [2.05, 4.69) is 70.5 Å². The lowest BCUT2D eigenvalue weighted by Crippen LogP contribution is -2.41. The summed E-state index contributed by atoms with van der Waals surface area (Å²) < 4.78 is 32.3. The van der Waals surface area contributed by atoms with E-state index in [1.807, 2.05) is 12.1 Å². The second-order valence-corrected chi connectivity index (χ2v) is 12.0. The molecule has 0 bridgehead atoms. The largest absolute Gasteiger partial charge is 0.492 e. The summed E-state index contributed by atoms with van der Waals surface area (Å²) in [5, 5.41) is 16.4. The van der Waals surface area contributed by atoms with E-state index in [0.29, 0.717) is 28.2 Å². The van der Waals surface area contributed by atoms with Crippen molar-refractivity contribution in [1.82, 2.24) is 9.88 Å². The maximum Gasteiger partial charge on any atom is 0.246 e. The van der Waals surface area contributed by atoms with Crippen molar-refractivity contribution in [2.75, 3.05) is 23.2 Å². The molecule has 0 unspecified atom stereocenters. The van der Waals surface area contributed by atoms with Crippen molar-refractivity contribution in [3.05, 3.63) is 108 Å². The minimum absolute atomic E-state index is 0.294. The number of fused-ring (bicyclic) bond motifs is 3. The maximum atomic E-state index is 11.6. The first kappa shape index (κ1) is 27.0. The molecule has 39 heavy (non-hydrogen) atoms. The van der Waals surface area contributed by atoms with Gasteiger partial charge in [0.1, 0.15) is 18.1 Å². The summed E-state index contributed by atoms with van der Waals surface area (Å²) in [6, 6.07) is 31.3. The summed E-state index contributed by atoms with van der Waals surface area (Å²) in [6.07, 6.45) is 1.02. The Morgan fingerprint density at radius 3 is 2.31 bits per heavy atom. The lowest BCUT2D eigenvalue weighted by molar-refractivity contribution is 0.0169. The van der Waals surface area contributed by atoms with E-state index in [1.54, 1.807) is 31.2 Å². The van der Waals surface area contributed by atoms with Gasteiger partial charge in [0.15, 0.2) is 0 Å². The molecule has 9 heteroatoms. The molecule has 202 valence electrons. The van der Waals surface area contributed by atoms with E-state index in [4.69, 9.17) is 16.5 Å². The van der Waals surface area contributed by atoms with Crippen LogP contribution in [0.2, 0.25) is 0 Å². The molecule has 1 atom stereocenters. The third-order valence-electron chi connectivity index (χ3n) is 6.69. The lowest BCUT2D eigenvalue weighted by Gasteiger charge is -2.26. The number of rotatable bonds is 10. The van der Waals surface area contributed by atoms with Gasteiger partial charge in [-0.15, -0.1) is 0 Å². The number of ether oxygens (including phenoxy) is 1. The number of nitrogens with zero attached hydrogens (tertiary/aromatic N) is 2. The van der Waals surface area contributed by atoms with Crippen LogP contribution < -0.4 is 13.9 Å². The number of benzene rings is 4. The second-order valence-electron chi connectivity index (χ2n) is 9.64. The van der Waals surface area contributed by atoms with E-state index in [1.165, 1.54) is 21.9 Å². The highest BCUT2D eigenvalue weighted by atomic mass is 35.5. The first-order valence-electron chi connectivity index (χ1n) is 12.6. The summed E-state index contributed by atoms with van der Waals surface area (Å²) in [6.45, 7) is 3.10. The van der Waals surface area contributed by atoms with Crippen LogP contribution in [-0.4, -0.2) is 37.5 Å². The average Bonchev–Trinajstić information content (AvgIpc) is 3.23. The third kappa shape index (κ3) is 5.89. The van der Waals surface area contributed by atoms with Crippen LogP contribution in [0.25, 0.3) is 21.8 Å². The van der Waals surface area contributed by atoms with E-state index >= 15 is 0 Å². The summed E-state index contributed by atoms with van der Waals surface area (Å²) in [5.41, 5.74) is 3.00. The van der Waals surface area contributed by atoms with Crippen molar-refractivity contribution < 1.29 is 18.3 Å². The average molecular weight is 564 g/mol. The molecule has 0 saturated carbocycles. The van der Waals surface area contributed by atoms with Crippen LogP contribution in [0.15, 0.2) is 97.1 Å². The lowest BCUT2D eigenvalue weighted by atomic mass is 10.0. The molecule has 0 spiro atoms. The zero-order valence-corrected chi connectivity index (χ0v) is 23.3. The van der Waals surface area contributed by atoms with Gasteiger partial charge >= 0.3 is 0 Å². The van der Waals surface area contributed by atoms with Gasteiger partial charge in [-0.25, -0.2) is 8.42 Å². The van der Waals surface area contributed by atoms with Crippen LogP contribution >= 0.6 is 11.8 Å². The van der Waals surface area contributed by atoms with Crippen molar-refractivity contribution >= 4 is 49.3 Å². The summed E-state index contributed by atoms with van der Waals surface area (Å²) >= 11 is 5.87.